The first-order valence-electron chi connectivity index (χ1n) is 23.0. The van der Waals surface area contributed by atoms with Crippen LogP contribution in [0.4, 0.5) is 0 Å². The van der Waals surface area contributed by atoms with Crippen molar-refractivity contribution >= 4 is 0 Å². The molecule has 0 heterocycles. The van der Waals surface area contributed by atoms with Crippen LogP contribution >= 0.6 is 0 Å². The zero-order chi connectivity index (χ0) is 40.7. The summed E-state index contributed by atoms with van der Waals surface area (Å²) in [7, 11) is 0. The Kier molecular flexibility index (Phi) is 21.3. The zero-order valence-corrected chi connectivity index (χ0v) is 40.7. The van der Waals surface area contributed by atoms with Crippen LogP contribution < -0.4 is 0 Å². The van der Waals surface area contributed by atoms with Crippen molar-refractivity contribution in [3.8, 4) is 0 Å². The predicted octanol–water partition coefficient (Wildman–Crippen LogP) is 17.0. The van der Waals surface area contributed by atoms with Gasteiger partial charge < -0.3 is 0 Å². The Morgan fingerprint density at radius 2 is 0.294 bits per heavy atom. The highest BCUT2D eigenvalue weighted by molar-refractivity contribution is 4.93. The van der Waals surface area contributed by atoms with Crippen molar-refractivity contribution in [3.05, 3.63) is 0 Å². The third-order valence-electron chi connectivity index (χ3n) is 18.5. The van der Waals surface area contributed by atoms with Crippen LogP contribution in [0, 0.1) is 129 Å². The maximum absolute atomic E-state index is 2.40. The van der Waals surface area contributed by atoms with E-state index in [1.165, 1.54) is 19.3 Å². The minimum absolute atomic E-state index is 0.656. The predicted molar refractivity (Wildman–Crippen MR) is 236 cm³/mol. The summed E-state index contributed by atoms with van der Waals surface area (Å²) in [6, 6.07) is 0. The summed E-state index contributed by atoms with van der Waals surface area (Å²) in [5.41, 5.74) is 1.31. The van der Waals surface area contributed by atoms with Gasteiger partial charge in [0.15, 0.2) is 0 Å². The van der Waals surface area contributed by atoms with Crippen molar-refractivity contribution in [2.24, 2.45) is 129 Å². The zero-order valence-electron chi connectivity index (χ0n) is 40.7. The molecule has 0 N–H and O–H groups in total. The fourth-order valence-corrected chi connectivity index (χ4v) is 12.1. The largest absolute Gasteiger partial charge is 0.0656 e. The van der Waals surface area contributed by atoms with Crippen LogP contribution in [-0.2, 0) is 0 Å². The van der Waals surface area contributed by atoms with Gasteiger partial charge in [-0.1, -0.05) is 186 Å². The highest BCUT2D eigenvalue weighted by Gasteiger charge is 2.42. The summed E-state index contributed by atoms with van der Waals surface area (Å²) in [5, 5.41) is 0. The van der Waals surface area contributed by atoms with E-state index >= 15 is 0 Å². The molecule has 5 aliphatic carbocycles. The monoisotopic (exact) mass is 717 g/mol. The van der Waals surface area contributed by atoms with Crippen LogP contribution in [0.2, 0.25) is 0 Å². The molecule has 0 heteroatoms. The lowest BCUT2D eigenvalue weighted by Gasteiger charge is -2.49. The lowest BCUT2D eigenvalue weighted by atomic mass is 9.56. The molecule has 5 saturated carbocycles. The molecule has 0 spiro atoms. The second kappa shape index (κ2) is 21.3. The Morgan fingerprint density at radius 3 is 0.314 bits per heavy atom. The Labute approximate surface area is 327 Å². The summed E-state index contributed by atoms with van der Waals surface area (Å²) in [4.78, 5) is 0. The second-order valence-corrected chi connectivity index (χ2v) is 22.6. The lowest BCUT2D eigenvalue weighted by Crippen LogP contribution is -2.38. The van der Waals surface area contributed by atoms with Crippen LogP contribution in [0.25, 0.3) is 0 Å². The van der Waals surface area contributed by atoms with Crippen LogP contribution in [-0.4, -0.2) is 0 Å². The van der Waals surface area contributed by atoms with Gasteiger partial charge in [0.05, 0.1) is 0 Å². The number of hydrogen-bond acceptors (Lipinski definition) is 0. The number of rotatable bonds is 0. The molecule has 0 saturated heterocycles. The molecule has 5 rings (SSSR count). The van der Waals surface area contributed by atoms with Gasteiger partial charge in [-0.15, -0.1) is 0 Å². The molecule has 5 aliphatic rings. The van der Waals surface area contributed by atoms with Gasteiger partial charge >= 0.3 is 0 Å². The normalized spacial score (nSPS) is 48.8. The Bertz CT molecular complexity index is 605. The summed E-state index contributed by atoms with van der Waals surface area (Å²) in [5.74, 6) is 18.7. The lowest BCUT2D eigenvalue weighted by molar-refractivity contribution is 0.0201. The topological polar surface area (TPSA) is 0 Å². The fourth-order valence-electron chi connectivity index (χ4n) is 12.1. The third-order valence-corrected chi connectivity index (χ3v) is 18.5. The second-order valence-electron chi connectivity index (χ2n) is 22.6. The molecule has 0 nitrogen and oxygen atoms in total. The SMILES string of the molecule is CC1(C)CC(C)(C)C1.CC1C(C)C(C)C(C)C1C.CC1C(C)C(C)C(C)C1C.CC1C(C)C(C)C(C)C1C.CC1C(C)C(C)C(C)C1C.CCC. The molecule has 0 aromatic carbocycles. The van der Waals surface area contributed by atoms with Gasteiger partial charge in [-0.3, -0.25) is 0 Å². The van der Waals surface area contributed by atoms with Crippen molar-refractivity contribution in [1.29, 1.82) is 0 Å². The van der Waals surface area contributed by atoms with Gasteiger partial charge in [-0.2, -0.15) is 0 Å². The highest BCUT2D eigenvalue weighted by atomic mass is 14.5. The van der Waals surface area contributed by atoms with E-state index in [4.69, 9.17) is 0 Å². The van der Waals surface area contributed by atoms with Gasteiger partial charge in [0, 0.05) is 0 Å². The molecular formula is C51H104. The van der Waals surface area contributed by atoms with E-state index in [1.54, 1.807) is 0 Å². The maximum atomic E-state index is 2.40. The molecule has 0 aliphatic heterocycles. The average Bonchev–Trinajstić information content (AvgIpc) is 3.48. The summed E-state index contributed by atoms with van der Waals surface area (Å²) < 4.78 is 0. The standard InChI is InChI=1S/4C10H20.C8H16.C3H8/c4*1-6-7(2)9(4)10(5)8(6)3;1-7(2)5-8(3,4)6-7;1-3-2/h4*6-10H,1-5H3;5-6H2,1-4H3;3H2,1-2H3. The van der Waals surface area contributed by atoms with Crippen LogP contribution in [0.15, 0.2) is 0 Å². The molecule has 0 aromatic heterocycles. The smallest absolute Gasteiger partial charge is 0.0344 e. The van der Waals surface area contributed by atoms with Gasteiger partial charge in [0.25, 0.3) is 0 Å². The van der Waals surface area contributed by atoms with Gasteiger partial charge in [-0.25, -0.2) is 0 Å². The van der Waals surface area contributed by atoms with Gasteiger partial charge in [0.1, 0.15) is 0 Å². The van der Waals surface area contributed by atoms with Crippen LogP contribution in [0.3, 0.4) is 0 Å². The average molecular weight is 717 g/mol. The summed E-state index contributed by atoms with van der Waals surface area (Å²) >= 11 is 0. The van der Waals surface area contributed by atoms with E-state index in [2.05, 4.69) is 180 Å². The molecular weight excluding hydrogens is 613 g/mol. The van der Waals surface area contributed by atoms with E-state index in [1.807, 2.05) is 0 Å². The van der Waals surface area contributed by atoms with E-state index in [9.17, 15) is 0 Å². The first kappa shape index (κ1) is 51.0. The van der Waals surface area contributed by atoms with Gasteiger partial charge in [-0.05, 0) is 142 Å². The van der Waals surface area contributed by atoms with Crippen molar-refractivity contribution < 1.29 is 0 Å². The van der Waals surface area contributed by atoms with Crippen molar-refractivity contribution in [3.63, 3.8) is 0 Å². The number of hydrogen-bond donors (Lipinski definition) is 0. The first-order valence-corrected chi connectivity index (χ1v) is 23.0. The van der Waals surface area contributed by atoms with Crippen molar-refractivity contribution in [1.82, 2.24) is 0 Å². The third kappa shape index (κ3) is 13.6. The fraction of sp³-hybridized carbons (Fsp3) is 1.00. The van der Waals surface area contributed by atoms with E-state index in [0.29, 0.717) is 10.8 Å². The minimum Gasteiger partial charge on any atom is -0.0656 e. The molecule has 51 heavy (non-hydrogen) atoms. The molecule has 0 unspecified atom stereocenters. The Morgan fingerprint density at radius 1 is 0.235 bits per heavy atom. The van der Waals surface area contributed by atoms with Crippen LogP contribution in [0.5, 0.6) is 0 Å². The molecule has 0 bridgehead atoms. The van der Waals surface area contributed by atoms with Crippen LogP contribution in [0.1, 0.15) is 199 Å². The molecule has 0 aromatic rings. The van der Waals surface area contributed by atoms with E-state index in [-0.39, 0.29) is 0 Å². The minimum atomic E-state index is 0.656. The van der Waals surface area contributed by atoms with E-state index in [0.717, 1.165) is 118 Å². The van der Waals surface area contributed by atoms with Crippen molar-refractivity contribution in [2.45, 2.75) is 199 Å². The molecule has 0 amide bonds. The van der Waals surface area contributed by atoms with Gasteiger partial charge in [0.2, 0.25) is 0 Å². The molecule has 308 valence electrons. The summed E-state index contributed by atoms with van der Waals surface area (Å²) in [6.45, 7) is 61.6. The molecule has 0 atom stereocenters. The summed E-state index contributed by atoms with van der Waals surface area (Å²) in [6.07, 6.45) is 4.06. The Hall–Kier alpha value is 0. The molecule has 5 fully saturated rings. The Balaban J connectivity index is 0.000000602. The van der Waals surface area contributed by atoms with Crippen molar-refractivity contribution in [2.75, 3.05) is 0 Å². The molecule has 0 radical (unpaired) electrons. The first-order chi connectivity index (χ1) is 23.0. The maximum Gasteiger partial charge on any atom is -0.0344 e. The highest BCUT2D eigenvalue weighted by Crippen LogP contribution is 2.53. The van der Waals surface area contributed by atoms with E-state index < -0.39 is 0 Å². The quantitative estimate of drug-likeness (QED) is 0.234.